The molecular formula is C20H36N4O3. The van der Waals surface area contributed by atoms with Gasteiger partial charge < -0.3 is 24.8 Å². The van der Waals surface area contributed by atoms with Crippen LogP contribution in [0.3, 0.4) is 0 Å². The summed E-state index contributed by atoms with van der Waals surface area (Å²) in [7, 11) is 4.83. The smallest absolute Gasteiger partial charge is 0.203 e. The predicted octanol–water partition coefficient (Wildman–Crippen LogP) is 2.50. The molecule has 0 bridgehead atoms. The summed E-state index contributed by atoms with van der Waals surface area (Å²) in [6.07, 6.45) is 0. The number of benzene rings is 1. The van der Waals surface area contributed by atoms with Gasteiger partial charge in [0.05, 0.1) is 27.9 Å². The Morgan fingerprint density at radius 2 is 1.59 bits per heavy atom. The van der Waals surface area contributed by atoms with Crippen LogP contribution < -0.4 is 24.8 Å². The number of nitrogens with one attached hydrogen (secondary N) is 2. The van der Waals surface area contributed by atoms with E-state index in [1.54, 1.807) is 21.3 Å². The molecular weight excluding hydrogens is 344 g/mol. The molecule has 0 saturated carbocycles. The van der Waals surface area contributed by atoms with Crippen LogP contribution in [0.2, 0.25) is 0 Å². The van der Waals surface area contributed by atoms with Gasteiger partial charge in [-0.15, -0.1) is 0 Å². The molecule has 1 unspecified atom stereocenters. The molecule has 7 heteroatoms. The van der Waals surface area contributed by atoms with Crippen molar-refractivity contribution in [2.24, 2.45) is 4.99 Å². The Labute approximate surface area is 164 Å². The van der Waals surface area contributed by atoms with Gasteiger partial charge in [0, 0.05) is 19.1 Å². The molecule has 0 fully saturated rings. The van der Waals surface area contributed by atoms with Crippen molar-refractivity contribution in [3.05, 3.63) is 17.7 Å². The number of nitrogens with zero attached hydrogens (tertiary/aromatic N) is 2. The molecule has 0 radical (unpaired) electrons. The third-order valence-electron chi connectivity index (χ3n) is 4.49. The Morgan fingerprint density at radius 3 is 2.04 bits per heavy atom. The minimum Gasteiger partial charge on any atom is -0.493 e. The number of ether oxygens (including phenoxy) is 3. The zero-order valence-electron chi connectivity index (χ0n) is 17.9. The van der Waals surface area contributed by atoms with Gasteiger partial charge in [-0.25, -0.2) is 4.99 Å². The van der Waals surface area contributed by atoms with Gasteiger partial charge in [0.2, 0.25) is 5.75 Å². The van der Waals surface area contributed by atoms with E-state index in [1.807, 2.05) is 12.1 Å². The van der Waals surface area contributed by atoms with Gasteiger partial charge in [0.15, 0.2) is 17.5 Å². The second-order valence-electron chi connectivity index (χ2n) is 6.18. The first kappa shape index (κ1) is 22.9. The summed E-state index contributed by atoms with van der Waals surface area (Å²) in [6, 6.07) is 4.28. The van der Waals surface area contributed by atoms with E-state index in [1.165, 1.54) is 0 Å². The fraction of sp³-hybridized carbons (Fsp3) is 0.650. The van der Waals surface area contributed by atoms with Gasteiger partial charge in [0.25, 0.3) is 0 Å². The van der Waals surface area contributed by atoms with Gasteiger partial charge in [0.1, 0.15) is 0 Å². The lowest BCUT2D eigenvalue weighted by atomic mass is 10.2. The van der Waals surface area contributed by atoms with Crippen LogP contribution in [0, 0.1) is 0 Å². The number of aliphatic imine (C=N–C) groups is 1. The first-order valence-electron chi connectivity index (χ1n) is 9.59. The maximum absolute atomic E-state index is 5.41. The standard InChI is InChI=1S/C20H36N4O3/c1-8-21-20(22-13-15(4)24(9-2)10-3)23-14-16-11-17(25-5)19(27-7)18(12-16)26-6/h11-12,15H,8-10,13-14H2,1-7H3,(H2,21,22,23). The second kappa shape index (κ2) is 12.3. The van der Waals surface area contributed by atoms with Crippen molar-refractivity contribution in [2.75, 3.05) is 47.5 Å². The van der Waals surface area contributed by atoms with Crippen LogP contribution in [0.1, 0.15) is 33.3 Å². The first-order chi connectivity index (χ1) is 13.0. The highest BCUT2D eigenvalue weighted by Crippen LogP contribution is 2.38. The van der Waals surface area contributed by atoms with Crippen LogP contribution in [0.15, 0.2) is 17.1 Å². The molecule has 1 atom stereocenters. The maximum Gasteiger partial charge on any atom is 0.203 e. The van der Waals surface area contributed by atoms with Crippen LogP contribution in [0.25, 0.3) is 0 Å². The Morgan fingerprint density at radius 1 is 1.00 bits per heavy atom. The fourth-order valence-electron chi connectivity index (χ4n) is 2.96. The highest BCUT2D eigenvalue weighted by molar-refractivity contribution is 5.79. The van der Waals surface area contributed by atoms with Crippen LogP contribution in [0.5, 0.6) is 17.2 Å². The lowest BCUT2D eigenvalue weighted by Crippen LogP contribution is -2.45. The van der Waals surface area contributed by atoms with E-state index in [9.17, 15) is 0 Å². The van der Waals surface area contributed by atoms with Gasteiger partial charge in [-0.2, -0.15) is 0 Å². The van der Waals surface area contributed by atoms with Crippen molar-refractivity contribution in [3.63, 3.8) is 0 Å². The Hall–Kier alpha value is -2.15. The fourth-order valence-corrected chi connectivity index (χ4v) is 2.96. The molecule has 1 aromatic rings. The van der Waals surface area contributed by atoms with Gasteiger partial charge in [-0.05, 0) is 44.6 Å². The largest absolute Gasteiger partial charge is 0.493 e. The van der Waals surface area contributed by atoms with Crippen molar-refractivity contribution < 1.29 is 14.2 Å². The highest BCUT2D eigenvalue weighted by atomic mass is 16.5. The average molecular weight is 381 g/mol. The normalized spacial score (nSPS) is 12.7. The monoisotopic (exact) mass is 380 g/mol. The molecule has 27 heavy (non-hydrogen) atoms. The lowest BCUT2D eigenvalue weighted by Gasteiger charge is -2.27. The van der Waals surface area contributed by atoms with Gasteiger partial charge in [-0.1, -0.05) is 13.8 Å². The second-order valence-corrected chi connectivity index (χ2v) is 6.18. The lowest BCUT2D eigenvalue weighted by molar-refractivity contribution is 0.231. The molecule has 1 rings (SSSR count). The molecule has 7 nitrogen and oxygen atoms in total. The number of rotatable bonds is 11. The molecule has 0 aliphatic heterocycles. The van der Waals surface area contributed by atoms with Crippen LogP contribution in [-0.2, 0) is 6.54 Å². The zero-order valence-corrected chi connectivity index (χ0v) is 17.9. The quantitative estimate of drug-likeness (QED) is 0.454. The molecule has 154 valence electrons. The molecule has 0 saturated heterocycles. The molecule has 2 N–H and O–H groups in total. The van der Waals surface area contributed by atoms with Crippen molar-refractivity contribution in [3.8, 4) is 17.2 Å². The number of likely N-dealkylation sites (N-methyl/N-ethyl adjacent to an activating group) is 1. The van der Waals surface area contributed by atoms with Crippen LogP contribution in [0.4, 0.5) is 0 Å². The summed E-state index contributed by atoms with van der Waals surface area (Å²) in [5.41, 5.74) is 0.985. The minimum absolute atomic E-state index is 0.435. The van der Waals surface area contributed by atoms with E-state index in [0.717, 1.165) is 37.7 Å². The number of guanidine groups is 1. The summed E-state index contributed by atoms with van der Waals surface area (Å²) in [5.74, 6) is 2.65. The average Bonchev–Trinajstić information content (AvgIpc) is 2.69. The van der Waals surface area contributed by atoms with Crippen LogP contribution in [-0.4, -0.2) is 64.4 Å². The Balaban J connectivity index is 2.88. The summed E-state index contributed by atoms with van der Waals surface area (Å²) in [6.45, 7) is 12.9. The molecule has 0 heterocycles. The van der Waals surface area contributed by atoms with Crippen LogP contribution >= 0.6 is 0 Å². The van der Waals surface area contributed by atoms with E-state index in [0.29, 0.717) is 29.8 Å². The Bertz CT molecular complexity index is 564. The summed E-state index contributed by atoms with van der Waals surface area (Å²) < 4.78 is 16.2. The molecule has 0 spiro atoms. The van der Waals surface area contributed by atoms with E-state index in [4.69, 9.17) is 19.2 Å². The number of hydrogen-bond donors (Lipinski definition) is 2. The Kier molecular flexibility index (Phi) is 10.4. The molecule has 1 aromatic carbocycles. The first-order valence-corrected chi connectivity index (χ1v) is 9.59. The van der Waals surface area contributed by atoms with E-state index >= 15 is 0 Å². The summed E-state index contributed by atoms with van der Waals surface area (Å²) in [5, 5.41) is 6.73. The molecule has 0 amide bonds. The maximum atomic E-state index is 5.41. The topological polar surface area (TPSA) is 67.4 Å². The number of hydrogen-bond acceptors (Lipinski definition) is 5. The third kappa shape index (κ3) is 6.82. The van der Waals surface area contributed by atoms with Crippen molar-refractivity contribution in [1.29, 1.82) is 0 Å². The van der Waals surface area contributed by atoms with Crippen molar-refractivity contribution in [1.82, 2.24) is 15.5 Å². The van der Waals surface area contributed by atoms with E-state index < -0.39 is 0 Å². The minimum atomic E-state index is 0.435. The van der Waals surface area contributed by atoms with E-state index in [-0.39, 0.29) is 0 Å². The van der Waals surface area contributed by atoms with Gasteiger partial charge in [-0.3, -0.25) is 4.90 Å². The predicted molar refractivity (Wildman–Crippen MR) is 111 cm³/mol. The SMILES string of the molecule is CCNC(=NCc1cc(OC)c(OC)c(OC)c1)NCC(C)N(CC)CC. The van der Waals surface area contributed by atoms with Crippen molar-refractivity contribution in [2.45, 2.75) is 40.3 Å². The van der Waals surface area contributed by atoms with Crippen molar-refractivity contribution >= 4 is 5.96 Å². The molecule has 0 aliphatic rings. The van der Waals surface area contributed by atoms with Gasteiger partial charge >= 0.3 is 0 Å². The summed E-state index contributed by atoms with van der Waals surface area (Å²) in [4.78, 5) is 7.11. The summed E-state index contributed by atoms with van der Waals surface area (Å²) >= 11 is 0. The van der Waals surface area contributed by atoms with E-state index in [2.05, 4.69) is 43.2 Å². The number of methoxy groups -OCH3 is 3. The molecule has 0 aromatic heterocycles. The third-order valence-corrected chi connectivity index (χ3v) is 4.49. The molecule has 0 aliphatic carbocycles. The zero-order chi connectivity index (χ0) is 20.2. The highest BCUT2D eigenvalue weighted by Gasteiger charge is 2.13.